The molecule has 4 heteroatoms. The second-order valence-corrected chi connectivity index (χ2v) is 8.46. The van der Waals surface area contributed by atoms with E-state index in [0.29, 0.717) is 17.4 Å². The fourth-order valence-corrected chi connectivity index (χ4v) is 4.65. The Morgan fingerprint density at radius 2 is 1.89 bits per heavy atom. The van der Waals surface area contributed by atoms with Gasteiger partial charge in [-0.3, -0.25) is 4.79 Å². The summed E-state index contributed by atoms with van der Waals surface area (Å²) in [7, 11) is 0. The second-order valence-electron chi connectivity index (χ2n) is 7.44. The molecule has 0 saturated heterocycles. The molecule has 3 unspecified atom stereocenters. The van der Waals surface area contributed by atoms with E-state index in [2.05, 4.69) is 25.2 Å². The number of nitrogens with one attached hydrogen (secondary N) is 1. The van der Waals surface area contributed by atoms with Gasteiger partial charge in [0.25, 0.3) is 5.91 Å². The monoisotopic (exact) mass is 378 g/mol. The van der Waals surface area contributed by atoms with Crippen molar-refractivity contribution in [3.8, 4) is 6.07 Å². The Morgan fingerprint density at radius 1 is 1.15 bits per heavy atom. The van der Waals surface area contributed by atoms with Crippen molar-refractivity contribution in [2.75, 3.05) is 0 Å². The third kappa shape index (κ3) is 4.93. The highest BCUT2D eigenvalue weighted by atomic mass is 32.2. The molecule has 0 aliphatic heterocycles. The highest BCUT2D eigenvalue weighted by Gasteiger charge is 2.28. The minimum absolute atomic E-state index is 0.0314. The Hall–Kier alpha value is -2.25. The summed E-state index contributed by atoms with van der Waals surface area (Å²) in [5.74, 6) is 1.97. The second kappa shape index (κ2) is 9.10. The molecule has 3 rings (SSSR count). The zero-order valence-corrected chi connectivity index (χ0v) is 16.8. The van der Waals surface area contributed by atoms with Crippen LogP contribution in [-0.2, 0) is 5.75 Å². The summed E-state index contributed by atoms with van der Waals surface area (Å²) in [5, 5.41) is 12.2. The molecule has 3 atom stereocenters. The van der Waals surface area contributed by atoms with E-state index in [1.54, 1.807) is 11.8 Å². The van der Waals surface area contributed by atoms with Crippen LogP contribution in [0.3, 0.4) is 0 Å². The molecule has 1 N–H and O–H groups in total. The number of nitriles is 1. The molecule has 140 valence electrons. The number of nitrogens with zero attached hydrogens (tertiary/aromatic N) is 1. The standard InChI is InChI=1S/C23H26N2OS/c1-16-6-5-8-21(17(16)2)25-23(26)20-7-3-4-9-22(20)27-15-19-12-10-18(14-24)11-13-19/h3-4,7,9-13,16-17,21H,5-6,8,15H2,1-2H3,(H,25,26). The minimum Gasteiger partial charge on any atom is -0.349 e. The van der Waals surface area contributed by atoms with Crippen LogP contribution in [0.2, 0.25) is 0 Å². The molecule has 1 saturated carbocycles. The van der Waals surface area contributed by atoms with Gasteiger partial charge in [0.05, 0.1) is 17.2 Å². The van der Waals surface area contributed by atoms with Crippen LogP contribution in [0, 0.1) is 23.2 Å². The van der Waals surface area contributed by atoms with Crippen molar-refractivity contribution in [2.45, 2.75) is 49.8 Å². The number of carbonyl (C=O) groups is 1. The lowest BCUT2D eigenvalue weighted by Gasteiger charge is -2.34. The van der Waals surface area contributed by atoms with Crippen molar-refractivity contribution in [1.82, 2.24) is 5.32 Å². The first-order valence-corrected chi connectivity index (χ1v) is 10.6. The first-order chi connectivity index (χ1) is 13.1. The van der Waals surface area contributed by atoms with E-state index < -0.39 is 0 Å². The van der Waals surface area contributed by atoms with Gasteiger partial charge in [0, 0.05) is 16.7 Å². The van der Waals surface area contributed by atoms with E-state index in [4.69, 9.17) is 5.26 Å². The minimum atomic E-state index is 0.0314. The van der Waals surface area contributed by atoms with Gasteiger partial charge in [0.1, 0.15) is 0 Å². The highest BCUT2D eigenvalue weighted by Crippen LogP contribution is 2.31. The first kappa shape index (κ1) is 19.5. The summed E-state index contributed by atoms with van der Waals surface area (Å²) in [6, 6.07) is 17.8. The number of hydrogen-bond acceptors (Lipinski definition) is 3. The van der Waals surface area contributed by atoms with Crippen LogP contribution in [-0.4, -0.2) is 11.9 Å². The molecule has 0 aromatic heterocycles. The number of amides is 1. The molecule has 27 heavy (non-hydrogen) atoms. The van der Waals surface area contributed by atoms with Gasteiger partial charge < -0.3 is 5.32 Å². The zero-order valence-electron chi connectivity index (χ0n) is 15.9. The zero-order chi connectivity index (χ0) is 19.2. The third-order valence-electron chi connectivity index (χ3n) is 5.63. The predicted molar refractivity (Wildman–Crippen MR) is 111 cm³/mol. The molecule has 1 aliphatic carbocycles. The summed E-state index contributed by atoms with van der Waals surface area (Å²) in [5.41, 5.74) is 2.56. The van der Waals surface area contributed by atoms with Crippen molar-refractivity contribution < 1.29 is 4.79 Å². The molecule has 0 bridgehead atoms. The lowest BCUT2D eigenvalue weighted by molar-refractivity contribution is 0.0888. The van der Waals surface area contributed by atoms with Gasteiger partial charge >= 0.3 is 0 Å². The van der Waals surface area contributed by atoms with Crippen LogP contribution < -0.4 is 5.32 Å². The van der Waals surface area contributed by atoms with Crippen molar-refractivity contribution >= 4 is 17.7 Å². The van der Waals surface area contributed by atoms with Crippen molar-refractivity contribution in [2.24, 2.45) is 11.8 Å². The van der Waals surface area contributed by atoms with Crippen molar-refractivity contribution in [3.63, 3.8) is 0 Å². The molecule has 1 fully saturated rings. The molecule has 0 radical (unpaired) electrons. The SMILES string of the molecule is CC1CCCC(NC(=O)c2ccccc2SCc2ccc(C#N)cc2)C1C. The van der Waals surface area contributed by atoms with Crippen molar-refractivity contribution in [1.29, 1.82) is 5.26 Å². The molecule has 0 heterocycles. The van der Waals surface area contributed by atoms with Gasteiger partial charge in [-0.2, -0.15) is 5.26 Å². The van der Waals surface area contributed by atoms with Gasteiger partial charge in [-0.15, -0.1) is 11.8 Å². The van der Waals surface area contributed by atoms with E-state index in [1.807, 2.05) is 48.5 Å². The first-order valence-electron chi connectivity index (χ1n) is 9.60. The van der Waals surface area contributed by atoms with Gasteiger partial charge in [-0.05, 0) is 48.1 Å². The molecule has 0 spiro atoms. The Kier molecular flexibility index (Phi) is 6.58. The van der Waals surface area contributed by atoms with E-state index >= 15 is 0 Å². The fourth-order valence-electron chi connectivity index (χ4n) is 3.65. The Labute approximate surface area is 166 Å². The van der Waals surface area contributed by atoms with Gasteiger partial charge in [0.15, 0.2) is 0 Å². The van der Waals surface area contributed by atoms with Crippen LogP contribution in [0.5, 0.6) is 0 Å². The maximum atomic E-state index is 12.9. The maximum Gasteiger partial charge on any atom is 0.252 e. The average molecular weight is 379 g/mol. The Balaban J connectivity index is 1.67. The van der Waals surface area contributed by atoms with E-state index in [9.17, 15) is 4.79 Å². The van der Waals surface area contributed by atoms with Crippen LogP contribution in [0.25, 0.3) is 0 Å². The number of carbonyl (C=O) groups excluding carboxylic acids is 1. The third-order valence-corrected chi connectivity index (χ3v) is 6.78. The smallest absolute Gasteiger partial charge is 0.252 e. The summed E-state index contributed by atoms with van der Waals surface area (Å²) in [6.07, 6.45) is 3.51. The fraction of sp³-hybridized carbons (Fsp3) is 0.391. The average Bonchev–Trinajstić information content (AvgIpc) is 2.70. The van der Waals surface area contributed by atoms with Crippen LogP contribution in [0.4, 0.5) is 0 Å². The Morgan fingerprint density at radius 3 is 2.63 bits per heavy atom. The summed E-state index contributed by atoms with van der Waals surface area (Å²) in [4.78, 5) is 13.9. The van der Waals surface area contributed by atoms with E-state index in [-0.39, 0.29) is 11.9 Å². The molecular weight excluding hydrogens is 352 g/mol. The maximum absolute atomic E-state index is 12.9. The van der Waals surface area contributed by atoms with Crippen LogP contribution in [0.1, 0.15) is 54.6 Å². The van der Waals surface area contributed by atoms with Gasteiger partial charge in [0.2, 0.25) is 0 Å². The quantitative estimate of drug-likeness (QED) is 0.708. The molecular formula is C23H26N2OS. The van der Waals surface area contributed by atoms with E-state index in [0.717, 1.165) is 28.2 Å². The number of thioether (sulfide) groups is 1. The van der Waals surface area contributed by atoms with Gasteiger partial charge in [-0.25, -0.2) is 0 Å². The largest absolute Gasteiger partial charge is 0.349 e. The molecule has 3 nitrogen and oxygen atoms in total. The number of hydrogen-bond donors (Lipinski definition) is 1. The molecule has 1 aliphatic rings. The molecule has 2 aromatic carbocycles. The topological polar surface area (TPSA) is 52.9 Å². The van der Waals surface area contributed by atoms with Gasteiger partial charge in [-0.1, -0.05) is 51.0 Å². The summed E-state index contributed by atoms with van der Waals surface area (Å²) >= 11 is 1.66. The highest BCUT2D eigenvalue weighted by molar-refractivity contribution is 7.98. The Bertz CT molecular complexity index is 825. The van der Waals surface area contributed by atoms with E-state index in [1.165, 1.54) is 12.8 Å². The number of benzene rings is 2. The summed E-state index contributed by atoms with van der Waals surface area (Å²) in [6.45, 7) is 4.53. The van der Waals surface area contributed by atoms with Crippen molar-refractivity contribution in [3.05, 3.63) is 65.2 Å². The van der Waals surface area contributed by atoms with Crippen LogP contribution in [0.15, 0.2) is 53.4 Å². The lowest BCUT2D eigenvalue weighted by Crippen LogP contribution is -2.43. The normalized spacial score (nSPS) is 22.0. The lowest BCUT2D eigenvalue weighted by atomic mass is 9.78. The summed E-state index contributed by atoms with van der Waals surface area (Å²) < 4.78 is 0. The molecule has 1 amide bonds. The van der Waals surface area contributed by atoms with Crippen LogP contribution >= 0.6 is 11.8 Å². The number of rotatable bonds is 5. The predicted octanol–water partition coefficient (Wildman–Crippen LogP) is 5.41. The molecule has 2 aromatic rings.